The van der Waals surface area contributed by atoms with Crippen LogP contribution in [0.5, 0.6) is 0 Å². The summed E-state index contributed by atoms with van der Waals surface area (Å²) in [6.45, 7) is 4.30. The monoisotopic (exact) mass is 167 g/mol. The Hall–Kier alpha value is -0.760. The lowest BCUT2D eigenvalue weighted by molar-refractivity contribution is 0.440. The maximum atomic E-state index is 5.90. The summed E-state index contributed by atoms with van der Waals surface area (Å²) in [5.41, 5.74) is 7.14. The van der Waals surface area contributed by atoms with Crippen LogP contribution >= 0.6 is 0 Å². The van der Waals surface area contributed by atoms with E-state index in [-0.39, 0.29) is 0 Å². The summed E-state index contributed by atoms with van der Waals surface area (Å²) in [7, 11) is 0. The third kappa shape index (κ3) is 2.38. The average molecular weight is 167 g/mol. The Bertz CT molecular complexity index is 206. The molecule has 0 aliphatic heterocycles. The molecule has 1 rings (SSSR count). The third-order valence-electron chi connectivity index (χ3n) is 2.34. The molecule has 0 fully saturated rings. The van der Waals surface area contributed by atoms with Crippen LogP contribution in [0.25, 0.3) is 0 Å². The van der Waals surface area contributed by atoms with Crippen LogP contribution in [-0.2, 0) is 6.42 Å². The lowest BCUT2D eigenvalue weighted by atomic mass is 9.94. The molecule has 0 amide bonds. The maximum absolute atomic E-state index is 5.90. The summed E-state index contributed by atoms with van der Waals surface area (Å²) in [5.74, 6) is 0.535. The summed E-state index contributed by atoms with van der Waals surface area (Å²) in [4.78, 5) is 0. The van der Waals surface area contributed by atoms with Crippen molar-refractivity contribution < 1.29 is 4.42 Å². The van der Waals surface area contributed by atoms with Crippen molar-refractivity contribution in [2.45, 2.75) is 32.7 Å². The Morgan fingerprint density at radius 2 is 2.33 bits per heavy atom. The second-order valence-corrected chi connectivity index (χ2v) is 3.39. The number of furan rings is 1. The minimum absolute atomic E-state index is 0.305. The highest BCUT2D eigenvalue weighted by molar-refractivity contribution is 5.06. The van der Waals surface area contributed by atoms with E-state index in [0.29, 0.717) is 12.0 Å². The van der Waals surface area contributed by atoms with E-state index in [1.165, 1.54) is 5.56 Å². The first-order valence-corrected chi connectivity index (χ1v) is 4.50. The second kappa shape index (κ2) is 4.31. The quantitative estimate of drug-likeness (QED) is 0.746. The maximum Gasteiger partial charge on any atom is 0.0934 e. The lowest BCUT2D eigenvalue weighted by Gasteiger charge is -2.16. The van der Waals surface area contributed by atoms with Crippen molar-refractivity contribution >= 4 is 0 Å². The number of hydrogen-bond acceptors (Lipinski definition) is 2. The molecule has 0 aliphatic carbocycles. The van der Waals surface area contributed by atoms with Gasteiger partial charge < -0.3 is 10.2 Å². The first-order chi connectivity index (χ1) is 5.74. The molecule has 2 unspecified atom stereocenters. The molecule has 12 heavy (non-hydrogen) atoms. The van der Waals surface area contributed by atoms with Crippen LogP contribution < -0.4 is 5.73 Å². The fourth-order valence-electron chi connectivity index (χ4n) is 1.33. The highest BCUT2D eigenvalue weighted by Gasteiger charge is 2.11. The van der Waals surface area contributed by atoms with E-state index in [1.54, 1.807) is 12.5 Å². The van der Waals surface area contributed by atoms with Gasteiger partial charge in [-0.05, 0) is 30.4 Å². The molecule has 0 aromatic carbocycles. The zero-order valence-electron chi connectivity index (χ0n) is 7.79. The van der Waals surface area contributed by atoms with Crippen molar-refractivity contribution in [2.24, 2.45) is 11.7 Å². The summed E-state index contributed by atoms with van der Waals surface area (Å²) < 4.78 is 4.99. The van der Waals surface area contributed by atoms with E-state index in [1.807, 2.05) is 6.07 Å². The van der Waals surface area contributed by atoms with E-state index in [9.17, 15) is 0 Å². The van der Waals surface area contributed by atoms with Crippen molar-refractivity contribution in [2.75, 3.05) is 0 Å². The van der Waals surface area contributed by atoms with E-state index < -0.39 is 0 Å². The van der Waals surface area contributed by atoms with Crippen LogP contribution in [0.15, 0.2) is 23.0 Å². The Morgan fingerprint density at radius 1 is 1.58 bits per heavy atom. The standard InChI is InChI=1S/C10H17NO/c1-3-10(11)8(2)6-9-4-5-12-7-9/h4-5,7-8,10H,3,6,11H2,1-2H3. The molecule has 68 valence electrons. The predicted molar refractivity (Wildman–Crippen MR) is 49.8 cm³/mol. The highest BCUT2D eigenvalue weighted by Crippen LogP contribution is 2.12. The van der Waals surface area contributed by atoms with Crippen LogP contribution in [0.1, 0.15) is 25.8 Å². The molecule has 2 N–H and O–H groups in total. The van der Waals surface area contributed by atoms with Gasteiger partial charge in [0.1, 0.15) is 0 Å². The smallest absolute Gasteiger partial charge is 0.0934 e. The molecule has 2 heteroatoms. The molecule has 2 atom stereocenters. The Balaban J connectivity index is 2.41. The summed E-state index contributed by atoms with van der Waals surface area (Å²) in [6, 6.07) is 2.30. The van der Waals surface area contributed by atoms with Gasteiger partial charge in [0.15, 0.2) is 0 Å². The first-order valence-electron chi connectivity index (χ1n) is 4.50. The van der Waals surface area contributed by atoms with Gasteiger partial charge in [0.25, 0.3) is 0 Å². The SMILES string of the molecule is CCC(N)C(C)Cc1ccoc1. The molecule has 1 heterocycles. The van der Waals surface area contributed by atoms with Crippen LogP contribution in [0.3, 0.4) is 0 Å². The topological polar surface area (TPSA) is 39.2 Å². The third-order valence-corrected chi connectivity index (χ3v) is 2.34. The van der Waals surface area contributed by atoms with E-state index >= 15 is 0 Å². The summed E-state index contributed by atoms with van der Waals surface area (Å²) in [6.07, 6.45) is 5.56. The minimum atomic E-state index is 0.305. The largest absolute Gasteiger partial charge is 0.472 e. The van der Waals surface area contributed by atoms with Gasteiger partial charge in [0.2, 0.25) is 0 Å². The molecular weight excluding hydrogens is 150 g/mol. The molecule has 0 saturated heterocycles. The van der Waals surface area contributed by atoms with Gasteiger partial charge in [-0.2, -0.15) is 0 Å². The molecule has 2 nitrogen and oxygen atoms in total. The van der Waals surface area contributed by atoms with Crippen molar-refractivity contribution in [3.63, 3.8) is 0 Å². The van der Waals surface area contributed by atoms with Crippen molar-refractivity contribution in [3.05, 3.63) is 24.2 Å². The molecule has 0 radical (unpaired) electrons. The first kappa shape index (κ1) is 9.33. The lowest BCUT2D eigenvalue weighted by Crippen LogP contribution is -2.28. The number of nitrogens with two attached hydrogens (primary N) is 1. The Kier molecular flexibility index (Phi) is 3.35. The van der Waals surface area contributed by atoms with Crippen LogP contribution in [-0.4, -0.2) is 6.04 Å². The van der Waals surface area contributed by atoms with Crippen LogP contribution in [0.2, 0.25) is 0 Å². The van der Waals surface area contributed by atoms with Crippen molar-refractivity contribution in [1.82, 2.24) is 0 Å². The fraction of sp³-hybridized carbons (Fsp3) is 0.600. The fourth-order valence-corrected chi connectivity index (χ4v) is 1.33. The number of hydrogen-bond donors (Lipinski definition) is 1. The molecular formula is C10H17NO. The average Bonchev–Trinajstić information content (AvgIpc) is 2.55. The van der Waals surface area contributed by atoms with Gasteiger partial charge in [-0.25, -0.2) is 0 Å². The van der Waals surface area contributed by atoms with Gasteiger partial charge in [-0.1, -0.05) is 13.8 Å². The van der Waals surface area contributed by atoms with Gasteiger partial charge in [0, 0.05) is 6.04 Å². The number of rotatable bonds is 4. The molecule has 1 aromatic heterocycles. The van der Waals surface area contributed by atoms with Crippen molar-refractivity contribution in [3.8, 4) is 0 Å². The minimum Gasteiger partial charge on any atom is -0.472 e. The van der Waals surface area contributed by atoms with E-state index in [4.69, 9.17) is 10.2 Å². The van der Waals surface area contributed by atoms with Crippen LogP contribution in [0, 0.1) is 5.92 Å². The van der Waals surface area contributed by atoms with Gasteiger partial charge in [-0.3, -0.25) is 0 Å². The van der Waals surface area contributed by atoms with E-state index in [2.05, 4.69) is 13.8 Å². The normalized spacial score (nSPS) is 15.9. The van der Waals surface area contributed by atoms with E-state index in [0.717, 1.165) is 12.8 Å². The zero-order valence-corrected chi connectivity index (χ0v) is 7.79. The highest BCUT2D eigenvalue weighted by atomic mass is 16.3. The van der Waals surface area contributed by atoms with Gasteiger partial charge in [0.05, 0.1) is 12.5 Å². The molecule has 0 bridgehead atoms. The summed E-state index contributed by atoms with van der Waals surface area (Å²) in [5, 5.41) is 0. The predicted octanol–water partition coefficient (Wildman–Crippen LogP) is 2.20. The Morgan fingerprint density at radius 3 is 2.83 bits per heavy atom. The zero-order chi connectivity index (χ0) is 8.97. The van der Waals surface area contributed by atoms with Gasteiger partial charge in [-0.15, -0.1) is 0 Å². The summed E-state index contributed by atoms with van der Waals surface area (Å²) >= 11 is 0. The second-order valence-electron chi connectivity index (χ2n) is 3.39. The molecule has 0 spiro atoms. The van der Waals surface area contributed by atoms with Gasteiger partial charge >= 0.3 is 0 Å². The molecule has 0 saturated carbocycles. The molecule has 0 aliphatic rings. The molecule has 1 aromatic rings. The van der Waals surface area contributed by atoms with Crippen molar-refractivity contribution in [1.29, 1.82) is 0 Å². The Labute approximate surface area is 73.8 Å². The van der Waals surface area contributed by atoms with Crippen LogP contribution in [0.4, 0.5) is 0 Å².